The second-order valence-electron chi connectivity index (χ2n) is 1.67. The van der Waals surface area contributed by atoms with E-state index in [9.17, 15) is 8.78 Å². The van der Waals surface area contributed by atoms with Gasteiger partial charge in [0.2, 0.25) is 5.95 Å². The number of hydrogen-bond donors (Lipinski definition) is 1. The van der Waals surface area contributed by atoms with Gasteiger partial charge < -0.3 is 5.32 Å². The largest absolute Gasteiger partial charge is 0.337 e. The van der Waals surface area contributed by atoms with Crippen LogP contribution in [-0.2, 0) is 0 Å². The molecule has 0 bridgehead atoms. The van der Waals surface area contributed by atoms with Gasteiger partial charge in [0.1, 0.15) is 0 Å². The smallest absolute Gasteiger partial charge is 0.285 e. The highest BCUT2D eigenvalue weighted by atomic mass is 19.1. The van der Waals surface area contributed by atoms with Gasteiger partial charge in [0, 0.05) is 5.57 Å². The SMILES string of the molecule is CC1=C(F)N=C(F)N[CH]1. The highest BCUT2D eigenvalue weighted by Gasteiger charge is 2.09. The molecule has 9 heavy (non-hydrogen) atoms. The zero-order valence-electron chi connectivity index (χ0n) is 4.78. The molecule has 0 fully saturated rings. The summed E-state index contributed by atoms with van der Waals surface area (Å²) >= 11 is 0. The fourth-order valence-electron chi connectivity index (χ4n) is 0.434. The Morgan fingerprint density at radius 1 is 1.56 bits per heavy atom. The molecule has 0 unspecified atom stereocenters. The lowest BCUT2D eigenvalue weighted by molar-refractivity contribution is 0.591. The predicted octanol–water partition coefficient (Wildman–Crippen LogP) is 1.28. The number of nitrogens with one attached hydrogen (secondary N) is 1. The summed E-state index contributed by atoms with van der Waals surface area (Å²) in [4.78, 5) is 2.88. The zero-order valence-corrected chi connectivity index (χ0v) is 4.78. The molecule has 49 valence electrons. The van der Waals surface area contributed by atoms with Crippen LogP contribution in [0.25, 0.3) is 0 Å². The highest BCUT2D eigenvalue weighted by molar-refractivity contribution is 5.75. The van der Waals surface area contributed by atoms with Gasteiger partial charge in [-0.2, -0.15) is 13.8 Å². The predicted molar refractivity (Wildman–Crippen MR) is 29.8 cm³/mol. The molecule has 1 heterocycles. The first kappa shape index (κ1) is 6.19. The average Bonchev–Trinajstić information content (AvgIpc) is 1.80. The molecule has 2 nitrogen and oxygen atoms in total. The van der Waals surface area contributed by atoms with Gasteiger partial charge in [0.25, 0.3) is 6.09 Å². The Hall–Kier alpha value is -0.930. The van der Waals surface area contributed by atoms with E-state index in [2.05, 4.69) is 10.3 Å². The lowest BCUT2D eigenvalue weighted by atomic mass is 10.3. The van der Waals surface area contributed by atoms with Gasteiger partial charge in [-0.25, -0.2) is 0 Å². The van der Waals surface area contributed by atoms with E-state index in [1.807, 2.05) is 0 Å². The maximum atomic E-state index is 12.2. The van der Waals surface area contributed by atoms with Gasteiger partial charge in [-0.1, -0.05) is 0 Å². The summed E-state index contributed by atoms with van der Waals surface area (Å²) < 4.78 is 24.1. The third-order valence-electron chi connectivity index (χ3n) is 0.929. The minimum absolute atomic E-state index is 0.302. The Bertz CT molecular complexity index is 183. The van der Waals surface area contributed by atoms with E-state index in [-0.39, 0.29) is 0 Å². The Balaban J connectivity index is 2.83. The van der Waals surface area contributed by atoms with Crippen molar-refractivity contribution >= 4 is 6.09 Å². The molecule has 0 spiro atoms. The maximum absolute atomic E-state index is 12.2. The minimum Gasteiger partial charge on any atom is -0.337 e. The van der Waals surface area contributed by atoms with Gasteiger partial charge in [-0.3, -0.25) is 0 Å². The number of rotatable bonds is 0. The third kappa shape index (κ3) is 1.25. The molecule has 1 aliphatic heterocycles. The fraction of sp³-hybridized carbons (Fsp3) is 0.200. The number of aliphatic imine (C=N–C) groups is 1. The summed E-state index contributed by atoms with van der Waals surface area (Å²) in [5, 5.41) is 2.12. The molecule has 0 aromatic carbocycles. The lowest BCUT2D eigenvalue weighted by Gasteiger charge is -2.06. The van der Waals surface area contributed by atoms with Gasteiger partial charge in [0.15, 0.2) is 0 Å². The number of hydrogen-bond acceptors (Lipinski definition) is 2. The highest BCUT2D eigenvalue weighted by Crippen LogP contribution is 2.12. The van der Waals surface area contributed by atoms with Crippen molar-refractivity contribution in [2.24, 2.45) is 4.99 Å². The quantitative estimate of drug-likeness (QED) is 0.492. The van der Waals surface area contributed by atoms with E-state index in [1.54, 1.807) is 0 Å². The van der Waals surface area contributed by atoms with E-state index in [4.69, 9.17) is 0 Å². The molecule has 0 aromatic heterocycles. The van der Waals surface area contributed by atoms with Crippen molar-refractivity contribution in [3.8, 4) is 0 Å². The van der Waals surface area contributed by atoms with Crippen LogP contribution in [0.15, 0.2) is 16.5 Å². The molecule has 1 N–H and O–H groups in total. The van der Waals surface area contributed by atoms with E-state index < -0.39 is 12.0 Å². The molecule has 0 aliphatic carbocycles. The van der Waals surface area contributed by atoms with Gasteiger partial charge in [0.05, 0.1) is 6.54 Å². The second kappa shape index (κ2) is 2.13. The molecule has 0 saturated heterocycles. The van der Waals surface area contributed by atoms with E-state index in [0.29, 0.717) is 5.57 Å². The van der Waals surface area contributed by atoms with Crippen LogP contribution < -0.4 is 5.32 Å². The Morgan fingerprint density at radius 2 is 2.22 bits per heavy atom. The minimum atomic E-state index is -0.905. The molecular weight excluding hydrogens is 126 g/mol. The number of nitrogens with zero attached hydrogens (tertiary/aromatic N) is 1. The lowest BCUT2D eigenvalue weighted by Crippen LogP contribution is -2.20. The maximum Gasteiger partial charge on any atom is 0.285 e. The summed E-state index contributed by atoms with van der Waals surface area (Å²) in [5.74, 6) is -0.772. The molecule has 1 aliphatic rings. The first-order valence-corrected chi connectivity index (χ1v) is 2.40. The molecule has 0 aromatic rings. The van der Waals surface area contributed by atoms with Crippen molar-refractivity contribution in [1.82, 2.24) is 5.32 Å². The van der Waals surface area contributed by atoms with E-state index in [0.717, 1.165) is 0 Å². The van der Waals surface area contributed by atoms with Crippen molar-refractivity contribution in [3.05, 3.63) is 18.1 Å². The summed E-state index contributed by atoms with van der Waals surface area (Å²) in [7, 11) is 0. The first-order chi connectivity index (χ1) is 4.20. The zero-order chi connectivity index (χ0) is 6.85. The van der Waals surface area contributed by atoms with Crippen LogP contribution in [0.4, 0.5) is 8.78 Å². The van der Waals surface area contributed by atoms with Crippen molar-refractivity contribution in [2.75, 3.05) is 0 Å². The molecule has 1 rings (SSSR count). The van der Waals surface area contributed by atoms with E-state index in [1.165, 1.54) is 13.5 Å². The molecule has 4 heteroatoms. The molecular formula is C5H5F2N2. The summed E-state index contributed by atoms with van der Waals surface area (Å²) in [6, 6.07) is 0. The molecule has 0 amide bonds. The Morgan fingerprint density at radius 3 is 2.67 bits per heavy atom. The number of amidine groups is 1. The van der Waals surface area contributed by atoms with Crippen LogP contribution >= 0.6 is 0 Å². The monoisotopic (exact) mass is 131 g/mol. The third-order valence-corrected chi connectivity index (χ3v) is 0.929. The summed E-state index contributed by atoms with van der Waals surface area (Å²) in [5.41, 5.74) is 0.302. The van der Waals surface area contributed by atoms with Crippen LogP contribution in [0.2, 0.25) is 0 Å². The topological polar surface area (TPSA) is 24.4 Å². The van der Waals surface area contributed by atoms with Crippen molar-refractivity contribution in [3.63, 3.8) is 0 Å². The van der Waals surface area contributed by atoms with E-state index >= 15 is 0 Å². The molecule has 0 saturated carbocycles. The fourth-order valence-corrected chi connectivity index (χ4v) is 0.434. The average molecular weight is 131 g/mol. The Labute approximate surface area is 51.3 Å². The summed E-state index contributed by atoms with van der Waals surface area (Å²) in [6.45, 7) is 2.72. The van der Waals surface area contributed by atoms with Gasteiger partial charge >= 0.3 is 0 Å². The van der Waals surface area contributed by atoms with Gasteiger partial charge in [-0.15, -0.1) is 0 Å². The normalized spacial score (nSPS) is 19.2. The van der Waals surface area contributed by atoms with Crippen LogP contribution in [-0.4, -0.2) is 6.09 Å². The van der Waals surface area contributed by atoms with Crippen LogP contribution in [0, 0.1) is 6.54 Å². The first-order valence-electron chi connectivity index (χ1n) is 2.40. The second-order valence-corrected chi connectivity index (χ2v) is 1.67. The Kier molecular flexibility index (Phi) is 1.46. The summed E-state index contributed by atoms with van der Waals surface area (Å²) in [6.07, 6.45) is -0.905. The van der Waals surface area contributed by atoms with Crippen molar-refractivity contribution in [1.29, 1.82) is 0 Å². The standard InChI is InChI=1S/C5H5F2N2/c1-3-2-8-5(7)9-4(3)6/h2H,1H3,(H,8,9). The van der Waals surface area contributed by atoms with Crippen LogP contribution in [0.5, 0.6) is 0 Å². The van der Waals surface area contributed by atoms with Crippen molar-refractivity contribution < 1.29 is 8.78 Å². The van der Waals surface area contributed by atoms with Crippen LogP contribution in [0.1, 0.15) is 6.92 Å². The molecule has 0 atom stereocenters. The van der Waals surface area contributed by atoms with Crippen molar-refractivity contribution in [2.45, 2.75) is 6.92 Å². The van der Waals surface area contributed by atoms with Gasteiger partial charge in [-0.05, 0) is 6.92 Å². The number of halogens is 2. The molecule has 1 radical (unpaired) electrons. The van der Waals surface area contributed by atoms with Crippen LogP contribution in [0.3, 0.4) is 0 Å².